The lowest BCUT2D eigenvalue weighted by atomic mass is 10.1. The fourth-order valence-electron chi connectivity index (χ4n) is 3.91. The van der Waals surface area contributed by atoms with E-state index < -0.39 is 15.4 Å². The minimum absolute atomic E-state index is 0.0168. The Labute approximate surface area is 190 Å². The van der Waals surface area contributed by atoms with Crippen LogP contribution in [0.2, 0.25) is 0 Å². The summed E-state index contributed by atoms with van der Waals surface area (Å²) in [7, 11) is 0.0274. The highest BCUT2D eigenvalue weighted by Crippen LogP contribution is 2.27. The average molecular weight is 476 g/mol. The van der Waals surface area contributed by atoms with Crippen molar-refractivity contribution in [3.63, 3.8) is 0 Å². The third-order valence-corrected chi connectivity index (χ3v) is 7.38. The van der Waals surface area contributed by atoms with E-state index in [0.29, 0.717) is 36.5 Å². The predicted molar refractivity (Wildman–Crippen MR) is 120 cm³/mol. The molecule has 4 rings (SSSR count). The van der Waals surface area contributed by atoms with E-state index in [2.05, 4.69) is 15.4 Å². The van der Waals surface area contributed by atoms with Crippen LogP contribution in [0.25, 0.3) is 11.0 Å². The van der Waals surface area contributed by atoms with Gasteiger partial charge >= 0.3 is 0 Å². The van der Waals surface area contributed by atoms with Crippen molar-refractivity contribution in [1.82, 2.24) is 24.6 Å². The van der Waals surface area contributed by atoms with Crippen LogP contribution < -0.4 is 20.3 Å². The molecular formula is C21H25N5O6S. The van der Waals surface area contributed by atoms with Crippen LogP contribution in [0.1, 0.15) is 18.0 Å². The normalized spacial score (nSPS) is 17.2. The van der Waals surface area contributed by atoms with Gasteiger partial charge in [-0.1, -0.05) is 6.07 Å². The Morgan fingerprint density at radius 1 is 1.24 bits per heavy atom. The van der Waals surface area contributed by atoms with Crippen molar-refractivity contribution in [3.05, 3.63) is 46.6 Å². The molecule has 1 aromatic carbocycles. The lowest BCUT2D eigenvalue weighted by Gasteiger charge is -2.11. The minimum Gasteiger partial charge on any atom is -0.493 e. The number of nitrogens with zero attached hydrogens (tertiary/aromatic N) is 4. The molecule has 0 bridgehead atoms. The van der Waals surface area contributed by atoms with Crippen molar-refractivity contribution in [2.75, 3.05) is 32.3 Å². The Morgan fingerprint density at radius 2 is 2.03 bits per heavy atom. The Hall–Kier alpha value is -3.41. The number of carbonyl (C=O) groups is 1. The molecular weight excluding hydrogens is 450 g/mol. The van der Waals surface area contributed by atoms with Gasteiger partial charge in [-0.2, -0.15) is 5.10 Å². The van der Waals surface area contributed by atoms with Gasteiger partial charge in [0, 0.05) is 6.54 Å². The van der Waals surface area contributed by atoms with Crippen LogP contribution in [0, 0.1) is 0 Å². The monoisotopic (exact) mass is 475 g/mol. The summed E-state index contributed by atoms with van der Waals surface area (Å²) in [6, 6.07) is 5.21. The summed E-state index contributed by atoms with van der Waals surface area (Å²) < 4.78 is 36.7. The molecule has 3 aromatic rings. The molecule has 1 amide bonds. The lowest BCUT2D eigenvalue weighted by Crippen LogP contribution is -2.33. The number of ether oxygens (including phenoxy) is 2. The van der Waals surface area contributed by atoms with Crippen LogP contribution in [-0.4, -0.2) is 65.9 Å². The lowest BCUT2D eigenvalue weighted by molar-refractivity contribution is -0.121. The summed E-state index contributed by atoms with van der Waals surface area (Å²) in [6.45, 7) is 0.198. The first-order chi connectivity index (χ1) is 15.8. The van der Waals surface area contributed by atoms with Gasteiger partial charge in [0.25, 0.3) is 5.56 Å². The summed E-state index contributed by atoms with van der Waals surface area (Å²) in [6.07, 6.45) is 3.68. The second kappa shape index (κ2) is 9.22. The van der Waals surface area contributed by atoms with E-state index in [1.807, 2.05) is 12.1 Å². The Morgan fingerprint density at radius 3 is 2.73 bits per heavy atom. The molecule has 1 N–H and O–H groups in total. The SMILES string of the molecule is COc1ccc(CCNC(=O)Cn2cnc3c(cnn3[C@H]3CCS(=O)(=O)C3)c2=O)cc1OC. The second-order valence-electron chi connectivity index (χ2n) is 7.85. The van der Waals surface area contributed by atoms with Gasteiger partial charge in [-0.05, 0) is 30.5 Å². The van der Waals surface area contributed by atoms with Gasteiger partial charge in [0.2, 0.25) is 5.91 Å². The molecule has 1 atom stereocenters. The predicted octanol–water partition coefficient (Wildman–Crippen LogP) is 0.329. The fraction of sp³-hybridized carbons (Fsp3) is 0.429. The van der Waals surface area contributed by atoms with Crippen LogP contribution >= 0.6 is 0 Å². The van der Waals surface area contributed by atoms with E-state index in [9.17, 15) is 18.0 Å². The van der Waals surface area contributed by atoms with Crippen molar-refractivity contribution in [3.8, 4) is 11.5 Å². The highest BCUT2D eigenvalue weighted by Gasteiger charge is 2.31. The quantitative estimate of drug-likeness (QED) is 0.493. The van der Waals surface area contributed by atoms with E-state index in [4.69, 9.17) is 9.47 Å². The van der Waals surface area contributed by atoms with Gasteiger partial charge in [-0.25, -0.2) is 18.1 Å². The maximum Gasteiger partial charge on any atom is 0.264 e. The smallest absolute Gasteiger partial charge is 0.264 e. The van der Waals surface area contributed by atoms with Crippen LogP contribution in [0.4, 0.5) is 0 Å². The third-order valence-electron chi connectivity index (χ3n) is 5.63. The number of sulfone groups is 1. The zero-order chi connectivity index (χ0) is 23.6. The molecule has 0 spiro atoms. The van der Waals surface area contributed by atoms with Crippen LogP contribution in [0.5, 0.6) is 11.5 Å². The molecule has 1 aliphatic heterocycles. The fourth-order valence-corrected chi connectivity index (χ4v) is 5.60. The third kappa shape index (κ3) is 4.85. The van der Waals surface area contributed by atoms with E-state index in [0.717, 1.165) is 5.56 Å². The number of amides is 1. The van der Waals surface area contributed by atoms with E-state index >= 15 is 0 Å². The van der Waals surface area contributed by atoms with E-state index in [1.165, 1.54) is 21.8 Å². The first kappa shape index (κ1) is 22.8. The molecule has 0 radical (unpaired) electrons. The number of rotatable bonds is 8. The molecule has 176 valence electrons. The maximum atomic E-state index is 12.8. The molecule has 0 saturated carbocycles. The molecule has 0 unspecified atom stereocenters. The average Bonchev–Trinajstić information content (AvgIpc) is 3.38. The van der Waals surface area contributed by atoms with Crippen molar-refractivity contribution >= 4 is 26.8 Å². The largest absolute Gasteiger partial charge is 0.493 e. The van der Waals surface area contributed by atoms with Crippen molar-refractivity contribution < 1.29 is 22.7 Å². The molecule has 3 heterocycles. The number of nitrogens with one attached hydrogen (secondary N) is 1. The number of benzene rings is 1. The zero-order valence-corrected chi connectivity index (χ0v) is 19.2. The second-order valence-corrected chi connectivity index (χ2v) is 10.1. The molecule has 1 saturated heterocycles. The molecule has 1 fully saturated rings. The summed E-state index contributed by atoms with van der Waals surface area (Å²) in [4.78, 5) is 29.4. The molecule has 11 nitrogen and oxygen atoms in total. The molecule has 33 heavy (non-hydrogen) atoms. The van der Waals surface area contributed by atoms with Gasteiger partial charge in [0.05, 0.1) is 38.0 Å². The Balaban J connectivity index is 1.39. The van der Waals surface area contributed by atoms with Gasteiger partial charge in [-0.3, -0.25) is 14.2 Å². The first-order valence-electron chi connectivity index (χ1n) is 10.4. The van der Waals surface area contributed by atoms with Crippen molar-refractivity contribution in [2.24, 2.45) is 0 Å². The number of hydrogen-bond acceptors (Lipinski definition) is 8. The Kier molecular flexibility index (Phi) is 6.36. The van der Waals surface area contributed by atoms with Crippen LogP contribution in [0.15, 0.2) is 35.5 Å². The molecule has 2 aromatic heterocycles. The highest BCUT2D eigenvalue weighted by atomic mass is 32.2. The van der Waals surface area contributed by atoms with Crippen LogP contribution in [0.3, 0.4) is 0 Å². The Bertz CT molecular complexity index is 1350. The maximum absolute atomic E-state index is 12.8. The number of fused-ring (bicyclic) bond motifs is 1. The zero-order valence-electron chi connectivity index (χ0n) is 18.4. The van der Waals surface area contributed by atoms with Gasteiger partial charge < -0.3 is 14.8 Å². The molecule has 12 heteroatoms. The molecule has 1 aliphatic rings. The summed E-state index contributed by atoms with van der Waals surface area (Å²) in [5.74, 6) is 0.998. The van der Waals surface area contributed by atoms with Gasteiger partial charge in [-0.15, -0.1) is 0 Å². The number of hydrogen-bond donors (Lipinski definition) is 1. The van der Waals surface area contributed by atoms with Crippen molar-refractivity contribution in [1.29, 1.82) is 0 Å². The summed E-state index contributed by atoms with van der Waals surface area (Å²) in [5, 5.41) is 7.23. The van der Waals surface area contributed by atoms with Crippen LogP contribution in [-0.2, 0) is 27.6 Å². The standard InChI is InChI=1S/C21H25N5O6S/c1-31-17-4-3-14(9-18(17)32-2)5-7-22-19(27)11-25-13-23-20-16(21(25)28)10-24-26(20)15-6-8-33(29,30)12-15/h3-4,9-10,13,15H,5-8,11-12H2,1-2H3,(H,22,27)/t15-/m0/s1. The summed E-state index contributed by atoms with van der Waals surface area (Å²) in [5.41, 5.74) is 0.893. The van der Waals surface area contributed by atoms with Gasteiger partial charge in [0.15, 0.2) is 27.0 Å². The van der Waals surface area contributed by atoms with Crippen molar-refractivity contribution in [2.45, 2.75) is 25.4 Å². The van der Waals surface area contributed by atoms with E-state index in [1.54, 1.807) is 20.3 Å². The number of methoxy groups -OCH3 is 2. The van der Waals surface area contributed by atoms with E-state index in [-0.39, 0.29) is 35.4 Å². The first-order valence-corrected chi connectivity index (χ1v) is 12.2. The number of carbonyl (C=O) groups excluding carboxylic acids is 1. The topological polar surface area (TPSA) is 134 Å². The molecule has 0 aliphatic carbocycles. The van der Waals surface area contributed by atoms with Gasteiger partial charge in [0.1, 0.15) is 18.3 Å². The minimum atomic E-state index is -3.10. The number of aromatic nitrogens is 4. The summed E-state index contributed by atoms with van der Waals surface area (Å²) >= 11 is 0. The highest BCUT2D eigenvalue weighted by molar-refractivity contribution is 7.91.